The quantitative estimate of drug-likeness (QED) is 0.327. The Morgan fingerprint density at radius 1 is 1.06 bits per heavy atom. The number of benzene rings is 2. The Hall–Kier alpha value is -5.37. The number of carbonyl (C=O) groups is 2. The Labute approximate surface area is 266 Å². The zero-order valence-corrected chi connectivity index (χ0v) is 25.7. The topological polar surface area (TPSA) is 137 Å². The van der Waals surface area contributed by atoms with Gasteiger partial charge in [0.1, 0.15) is 23.7 Å². The van der Waals surface area contributed by atoms with Gasteiger partial charge in [-0.3, -0.25) is 23.9 Å². The van der Waals surface area contributed by atoms with Gasteiger partial charge in [-0.15, -0.1) is 0 Å². The van der Waals surface area contributed by atoms with Gasteiger partial charge >= 0.3 is 5.69 Å². The number of anilines is 1. The van der Waals surface area contributed by atoms with Gasteiger partial charge in [-0.05, 0) is 18.6 Å². The van der Waals surface area contributed by atoms with E-state index >= 15 is 8.78 Å². The number of aromatic nitrogens is 3. The maximum atomic E-state index is 16.2. The largest absolute Gasteiger partial charge is 0.491 e. The number of halogens is 2. The Balaban J connectivity index is 1.18. The smallest absolute Gasteiger partial charge is 0.330 e. The van der Waals surface area contributed by atoms with Crippen LogP contribution in [0.1, 0.15) is 34.8 Å². The maximum Gasteiger partial charge on any atom is 0.330 e. The summed E-state index contributed by atoms with van der Waals surface area (Å²) in [4.78, 5) is 56.1. The van der Waals surface area contributed by atoms with Crippen molar-refractivity contribution < 1.29 is 27.8 Å². The van der Waals surface area contributed by atoms with E-state index in [2.05, 4.69) is 20.5 Å². The third-order valence-electron chi connectivity index (χ3n) is 9.10. The Kier molecular flexibility index (Phi) is 7.19. The summed E-state index contributed by atoms with van der Waals surface area (Å²) >= 11 is 0. The molecule has 0 saturated carbocycles. The molecule has 1 spiro atoms. The number of hydrogen-bond acceptors (Lipinski definition) is 8. The lowest BCUT2D eigenvalue weighted by Gasteiger charge is -2.50. The van der Waals surface area contributed by atoms with Crippen LogP contribution in [0.2, 0.25) is 0 Å². The van der Waals surface area contributed by atoms with Gasteiger partial charge in [0.05, 0.1) is 35.6 Å². The van der Waals surface area contributed by atoms with Crippen molar-refractivity contribution in [2.75, 3.05) is 32.1 Å². The van der Waals surface area contributed by atoms with E-state index in [1.54, 1.807) is 12.1 Å². The number of ether oxygens (including phenoxy) is 2. The lowest BCUT2D eigenvalue weighted by Crippen LogP contribution is -2.67. The molecule has 5 heterocycles. The van der Waals surface area contributed by atoms with E-state index in [9.17, 15) is 19.2 Å². The number of methoxy groups -OCH3 is 1. The highest BCUT2D eigenvalue weighted by atomic mass is 19.1. The number of aryl methyl sites for hydroxylation is 1. The molecule has 0 unspecified atom stereocenters. The fourth-order valence-corrected chi connectivity index (χ4v) is 6.66. The molecule has 2 amide bonds. The highest BCUT2D eigenvalue weighted by Gasteiger charge is 2.51. The number of likely N-dealkylation sites (tertiary alicyclic amines) is 1. The fraction of sp³-hybridized carbons (Fsp3) is 0.303. The van der Waals surface area contributed by atoms with Gasteiger partial charge in [0.25, 0.3) is 11.5 Å². The molecule has 14 heteroatoms. The Morgan fingerprint density at radius 2 is 1.77 bits per heavy atom. The zero-order chi connectivity index (χ0) is 33.2. The van der Waals surface area contributed by atoms with Crippen LogP contribution in [0.25, 0.3) is 22.4 Å². The second-order valence-corrected chi connectivity index (χ2v) is 12.1. The van der Waals surface area contributed by atoms with Crippen LogP contribution in [0.15, 0.2) is 58.3 Å². The van der Waals surface area contributed by atoms with E-state index < -0.39 is 28.8 Å². The minimum Gasteiger partial charge on any atom is -0.491 e. The standard InChI is InChI=1S/C33H30F2N6O6/c1-39-13-20(31(44)40(2)32(39)45)29(43)36-21-9-5-7-18(28(21)35)17-6-4-8-19(27(17)34)22-12-24-26(30(37-22)46-3)23(14-47-24)41-15-33(16-41)11-10-25(42)38-33/h4-9,12-13,23H,10-11,14-16H2,1-3H3,(H,36,43)(H,38,42)/t23-/m0/s1. The molecule has 0 aliphatic carbocycles. The lowest BCUT2D eigenvalue weighted by molar-refractivity contribution is -0.121. The van der Waals surface area contributed by atoms with Crippen LogP contribution in [-0.4, -0.2) is 63.2 Å². The van der Waals surface area contributed by atoms with Crippen LogP contribution >= 0.6 is 0 Å². The number of carbonyl (C=O) groups excluding carboxylic acids is 2. The van der Waals surface area contributed by atoms with Crippen molar-refractivity contribution in [3.05, 3.63) is 92.3 Å². The molecule has 7 rings (SSSR count). The normalized spacial score (nSPS) is 18.0. The molecule has 0 bridgehead atoms. The van der Waals surface area contributed by atoms with Crippen LogP contribution in [0, 0.1) is 11.6 Å². The molecule has 3 aliphatic rings. The van der Waals surface area contributed by atoms with Crippen molar-refractivity contribution in [2.24, 2.45) is 14.1 Å². The van der Waals surface area contributed by atoms with E-state index in [0.29, 0.717) is 31.9 Å². The van der Waals surface area contributed by atoms with Crippen molar-refractivity contribution in [2.45, 2.75) is 24.4 Å². The van der Waals surface area contributed by atoms with Gasteiger partial charge in [-0.25, -0.2) is 18.6 Å². The summed E-state index contributed by atoms with van der Waals surface area (Å²) in [5.74, 6) is -1.77. The summed E-state index contributed by atoms with van der Waals surface area (Å²) in [6.07, 6.45) is 2.38. The van der Waals surface area contributed by atoms with E-state index in [1.807, 2.05) is 0 Å². The number of fused-ring (bicyclic) bond motifs is 1. The molecule has 242 valence electrons. The SMILES string of the molecule is COc1nc(-c2cccc(-c3cccc(NC(=O)c4cn(C)c(=O)n(C)c4=O)c3F)c2F)cc2c1[C@@H](N1CC3(CCC(=O)N3)C1)CO2. The van der Waals surface area contributed by atoms with Crippen molar-refractivity contribution in [1.29, 1.82) is 0 Å². The van der Waals surface area contributed by atoms with E-state index in [-0.39, 0.29) is 57.0 Å². The predicted octanol–water partition coefficient (Wildman–Crippen LogP) is 2.75. The van der Waals surface area contributed by atoms with E-state index in [0.717, 1.165) is 27.3 Å². The molecular formula is C33H30F2N6O6. The number of amides is 2. The van der Waals surface area contributed by atoms with E-state index in [4.69, 9.17) is 9.47 Å². The molecule has 2 saturated heterocycles. The molecule has 12 nitrogen and oxygen atoms in total. The zero-order valence-electron chi connectivity index (χ0n) is 25.7. The first-order chi connectivity index (χ1) is 22.5. The van der Waals surface area contributed by atoms with Crippen molar-refractivity contribution in [3.63, 3.8) is 0 Å². The molecule has 47 heavy (non-hydrogen) atoms. The summed E-state index contributed by atoms with van der Waals surface area (Å²) in [7, 11) is 4.08. The molecule has 2 N–H and O–H groups in total. The first-order valence-corrected chi connectivity index (χ1v) is 14.9. The van der Waals surface area contributed by atoms with E-state index in [1.165, 1.54) is 51.5 Å². The van der Waals surface area contributed by atoms with Crippen LogP contribution in [0.3, 0.4) is 0 Å². The maximum absolute atomic E-state index is 16.2. The van der Waals surface area contributed by atoms with Gasteiger partial charge < -0.3 is 24.7 Å². The average molecular weight is 645 g/mol. The third-order valence-corrected chi connectivity index (χ3v) is 9.10. The summed E-state index contributed by atoms with van der Waals surface area (Å²) in [6, 6.07) is 10.1. The molecule has 4 aromatic rings. The average Bonchev–Trinajstić information content (AvgIpc) is 3.65. The third kappa shape index (κ3) is 4.95. The molecular weight excluding hydrogens is 614 g/mol. The number of hydrogen-bond donors (Lipinski definition) is 2. The molecule has 3 aliphatic heterocycles. The minimum absolute atomic E-state index is 0.0608. The van der Waals surface area contributed by atoms with Crippen LogP contribution < -0.4 is 31.4 Å². The highest BCUT2D eigenvalue weighted by Crippen LogP contribution is 2.47. The molecule has 2 aromatic carbocycles. The monoisotopic (exact) mass is 644 g/mol. The van der Waals surface area contributed by atoms with Gasteiger partial charge in [-0.2, -0.15) is 0 Å². The second kappa shape index (κ2) is 11.2. The van der Waals surface area contributed by atoms with Crippen molar-refractivity contribution >= 4 is 17.5 Å². The van der Waals surface area contributed by atoms with Crippen LogP contribution in [0.5, 0.6) is 11.6 Å². The van der Waals surface area contributed by atoms with Gasteiger partial charge in [-0.1, -0.05) is 24.3 Å². The second-order valence-electron chi connectivity index (χ2n) is 12.1. The molecule has 2 fully saturated rings. The number of nitrogens with one attached hydrogen (secondary N) is 2. The molecule has 0 radical (unpaired) electrons. The minimum atomic E-state index is -0.930. The lowest BCUT2D eigenvalue weighted by atomic mass is 9.86. The van der Waals surface area contributed by atoms with Gasteiger partial charge in [0.15, 0.2) is 5.82 Å². The summed E-state index contributed by atoms with van der Waals surface area (Å²) < 4.78 is 45.6. The van der Waals surface area contributed by atoms with Crippen LogP contribution in [-0.2, 0) is 18.9 Å². The van der Waals surface area contributed by atoms with Crippen LogP contribution in [0.4, 0.5) is 14.5 Å². The summed E-state index contributed by atoms with van der Waals surface area (Å²) in [5, 5.41) is 5.44. The summed E-state index contributed by atoms with van der Waals surface area (Å²) in [6.45, 7) is 1.71. The van der Waals surface area contributed by atoms with Crippen molar-refractivity contribution in [3.8, 4) is 34.0 Å². The highest BCUT2D eigenvalue weighted by molar-refractivity contribution is 6.04. The first kappa shape index (κ1) is 30.3. The van der Waals surface area contributed by atoms with Crippen molar-refractivity contribution in [1.82, 2.24) is 24.3 Å². The summed E-state index contributed by atoms with van der Waals surface area (Å²) in [5.41, 5.74) is -1.50. The number of nitrogens with zero attached hydrogens (tertiary/aromatic N) is 4. The molecule has 2 aromatic heterocycles. The Bertz CT molecular complexity index is 2100. The Morgan fingerprint density at radius 3 is 2.47 bits per heavy atom. The first-order valence-electron chi connectivity index (χ1n) is 14.9. The number of pyridine rings is 1. The van der Waals surface area contributed by atoms with Gasteiger partial charge in [0, 0.05) is 62.6 Å². The molecule has 1 atom stereocenters. The van der Waals surface area contributed by atoms with Gasteiger partial charge in [0.2, 0.25) is 11.8 Å². The predicted molar refractivity (Wildman–Crippen MR) is 166 cm³/mol. The number of rotatable bonds is 6. The fourth-order valence-electron chi connectivity index (χ4n) is 6.66.